The van der Waals surface area contributed by atoms with E-state index < -0.39 is 0 Å². The van der Waals surface area contributed by atoms with E-state index in [9.17, 15) is 0 Å². The Labute approximate surface area is 112 Å². The smallest absolute Gasteiger partial charge is 0.226 e. The predicted octanol–water partition coefficient (Wildman–Crippen LogP) is 4.24. The summed E-state index contributed by atoms with van der Waals surface area (Å²) in [6.45, 7) is 2.09. The minimum absolute atomic E-state index is 0.683. The minimum Gasteiger partial charge on any atom is -0.441 e. The molecule has 2 nitrogen and oxygen atoms in total. The van der Waals surface area contributed by atoms with Gasteiger partial charge in [-0.25, -0.2) is 4.98 Å². The molecule has 0 radical (unpaired) electrons. The van der Waals surface area contributed by atoms with Gasteiger partial charge in [-0.3, -0.25) is 0 Å². The highest BCUT2D eigenvalue weighted by molar-refractivity contribution is 5.52. The third-order valence-electron chi connectivity index (χ3n) is 3.07. The Kier molecular flexibility index (Phi) is 3.15. The molecule has 19 heavy (non-hydrogen) atoms. The van der Waals surface area contributed by atoms with Gasteiger partial charge in [0.15, 0.2) is 0 Å². The van der Waals surface area contributed by atoms with Crippen LogP contribution < -0.4 is 0 Å². The van der Waals surface area contributed by atoms with Gasteiger partial charge in [0.2, 0.25) is 5.89 Å². The predicted molar refractivity (Wildman–Crippen MR) is 75.9 cm³/mol. The van der Waals surface area contributed by atoms with Crippen LogP contribution in [0.15, 0.2) is 65.2 Å². The molecule has 94 valence electrons. The van der Waals surface area contributed by atoms with E-state index in [1.807, 2.05) is 36.5 Å². The number of nitrogens with zero attached hydrogens (tertiary/aromatic N) is 1. The van der Waals surface area contributed by atoms with Crippen LogP contribution in [0, 0.1) is 6.92 Å². The first-order valence-electron chi connectivity index (χ1n) is 6.37. The lowest BCUT2D eigenvalue weighted by atomic mass is 10.1. The van der Waals surface area contributed by atoms with Crippen LogP contribution in [-0.2, 0) is 6.42 Å². The summed E-state index contributed by atoms with van der Waals surface area (Å²) in [5.41, 5.74) is 3.52. The van der Waals surface area contributed by atoms with E-state index in [0.717, 1.165) is 17.7 Å². The Bertz CT molecular complexity index is 653. The lowest BCUT2D eigenvalue weighted by molar-refractivity contribution is 0.529. The van der Waals surface area contributed by atoms with Crippen molar-refractivity contribution in [2.45, 2.75) is 13.3 Å². The molecule has 1 aromatic heterocycles. The fourth-order valence-corrected chi connectivity index (χ4v) is 2.01. The quantitative estimate of drug-likeness (QED) is 0.694. The topological polar surface area (TPSA) is 26.0 Å². The van der Waals surface area contributed by atoms with Gasteiger partial charge < -0.3 is 4.42 Å². The number of hydrogen-bond donors (Lipinski definition) is 0. The minimum atomic E-state index is 0.683. The molecule has 0 unspecified atom stereocenters. The van der Waals surface area contributed by atoms with Crippen molar-refractivity contribution < 1.29 is 4.42 Å². The summed E-state index contributed by atoms with van der Waals surface area (Å²) in [5.74, 6) is 1.57. The van der Waals surface area contributed by atoms with Crippen molar-refractivity contribution in [3.05, 3.63) is 77.7 Å². The number of rotatable bonds is 3. The first kappa shape index (κ1) is 11.7. The summed E-state index contributed by atoms with van der Waals surface area (Å²) in [4.78, 5) is 4.33. The molecule has 0 aliphatic heterocycles. The van der Waals surface area contributed by atoms with Gasteiger partial charge in [0.1, 0.15) is 5.76 Å². The van der Waals surface area contributed by atoms with E-state index >= 15 is 0 Å². The van der Waals surface area contributed by atoms with Gasteiger partial charge in [-0.1, -0.05) is 48.0 Å². The van der Waals surface area contributed by atoms with Gasteiger partial charge >= 0.3 is 0 Å². The summed E-state index contributed by atoms with van der Waals surface area (Å²) in [6.07, 6.45) is 2.59. The highest BCUT2D eigenvalue weighted by Crippen LogP contribution is 2.20. The van der Waals surface area contributed by atoms with Crippen molar-refractivity contribution in [1.29, 1.82) is 0 Å². The third kappa shape index (κ3) is 2.74. The molecule has 0 amide bonds. The molecule has 1 heterocycles. The molecule has 0 aliphatic carbocycles. The normalized spacial score (nSPS) is 10.6. The number of aromatic nitrogens is 1. The fraction of sp³-hybridized carbons (Fsp3) is 0.118. The summed E-state index contributed by atoms with van der Waals surface area (Å²) in [5, 5.41) is 0. The van der Waals surface area contributed by atoms with Gasteiger partial charge in [0.05, 0.1) is 6.20 Å². The molecule has 0 N–H and O–H groups in total. The number of hydrogen-bond acceptors (Lipinski definition) is 2. The Balaban J connectivity index is 1.80. The van der Waals surface area contributed by atoms with Crippen LogP contribution in [0.4, 0.5) is 0 Å². The molecule has 0 aliphatic rings. The average Bonchev–Trinajstić information content (AvgIpc) is 2.91. The van der Waals surface area contributed by atoms with Crippen LogP contribution in [0.2, 0.25) is 0 Å². The molecule has 0 saturated heterocycles. The highest BCUT2D eigenvalue weighted by Gasteiger charge is 2.06. The lowest BCUT2D eigenvalue weighted by Gasteiger charge is -1.99. The zero-order valence-electron chi connectivity index (χ0n) is 10.8. The van der Waals surface area contributed by atoms with Crippen molar-refractivity contribution in [3.8, 4) is 11.5 Å². The first-order valence-corrected chi connectivity index (χ1v) is 6.37. The molecular formula is C17H15NO. The monoisotopic (exact) mass is 249 g/mol. The van der Waals surface area contributed by atoms with Gasteiger partial charge in [0.25, 0.3) is 0 Å². The maximum absolute atomic E-state index is 5.79. The molecule has 0 atom stereocenters. The lowest BCUT2D eigenvalue weighted by Crippen LogP contribution is -1.85. The number of aryl methyl sites for hydroxylation is 1. The van der Waals surface area contributed by atoms with Crippen molar-refractivity contribution in [2.24, 2.45) is 0 Å². The van der Waals surface area contributed by atoms with Crippen LogP contribution in [0.3, 0.4) is 0 Å². The van der Waals surface area contributed by atoms with E-state index in [1.54, 1.807) is 0 Å². The molecule has 0 fully saturated rings. The molecule has 0 saturated carbocycles. The second-order valence-corrected chi connectivity index (χ2v) is 4.66. The molecule has 2 aromatic carbocycles. The van der Waals surface area contributed by atoms with E-state index in [1.165, 1.54) is 11.1 Å². The van der Waals surface area contributed by atoms with Gasteiger partial charge in [0, 0.05) is 12.0 Å². The second-order valence-electron chi connectivity index (χ2n) is 4.66. The Morgan fingerprint density at radius 2 is 1.68 bits per heavy atom. The van der Waals surface area contributed by atoms with Gasteiger partial charge in [-0.15, -0.1) is 0 Å². The van der Waals surface area contributed by atoms with Crippen molar-refractivity contribution in [3.63, 3.8) is 0 Å². The van der Waals surface area contributed by atoms with Crippen LogP contribution >= 0.6 is 0 Å². The summed E-state index contributed by atoms with van der Waals surface area (Å²) >= 11 is 0. The molecule has 3 rings (SSSR count). The average molecular weight is 249 g/mol. The van der Waals surface area contributed by atoms with Crippen molar-refractivity contribution >= 4 is 0 Å². The summed E-state index contributed by atoms with van der Waals surface area (Å²) in [6, 6.07) is 18.4. The standard InChI is InChI=1S/C17H15NO/c1-13-7-9-14(10-8-13)11-16-12-18-17(19-16)15-5-3-2-4-6-15/h2-10,12H,11H2,1H3. The van der Waals surface area contributed by atoms with Crippen LogP contribution in [0.1, 0.15) is 16.9 Å². The Hall–Kier alpha value is -2.35. The highest BCUT2D eigenvalue weighted by atomic mass is 16.4. The van der Waals surface area contributed by atoms with Crippen molar-refractivity contribution in [2.75, 3.05) is 0 Å². The maximum atomic E-state index is 5.79. The second kappa shape index (κ2) is 5.11. The zero-order chi connectivity index (χ0) is 13.1. The maximum Gasteiger partial charge on any atom is 0.226 e. The largest absolute Gasteiger partial charge is 0.441 e. The summed E-state index contributed by atoms with van der Waals surface area (Å²) in [7, 11) is 0. The van der Waals surface area contributed by atoms with E-state index in [0.29, 0.717) is 5.89 Å². The van der Waals surface area contributed by atoms with E-state index in [-0.39, 0.29) is 0 Å². The zero-order valence-corrected chi connectivity index (χ0v) is 10.8. The van der Waals surface area contributed by atoms with Crippen LogP contribution in [-0.4, -0.2) is 4.98 Å². The fourth-order valence-electron chi connectivity index (χ4n) is 2.01. The SMILES string of the molecule is Cc1ccc(Cc2cnc(-c3ccccc3)o2)cc1. The van der Waals surface area contributed by atoms with E-state index in [4.69, 9.17) is 4.42 Å². The van der Waals surface area contributed by atoms with E-state index in [2.05, 4.69) is 36.2 Å². The van der Waals surface area contributed by atoms with Gasteiger partial charge in [-0.2, -0.15) is 0 Å². The molecule has 2 heteroatoms. The Morgan fingerprint density at radius 3 is 2.42 bits per heavy atom. The number of oxazole rings is 1. The molecular weight excluding hydrogens is 234 g/mol. The summed E-state index contributed by atoms with van der Waals surface area (Å²) < 4.78 is 5.79. The van der Waals surface area contributed by atoms with Crippen molar-refractivity contribution in [1.82, 2.24) is 4.98 Å². The third-order valence-corrected chi connectivity index (χ3v) is 3.07. The molecule has 0 spiro atoms. The van der Waals surface area contributed by atoms with Gasteiger partial charge in [-0.05, 0) is 24.6 Å². The Morgan fingerprint density at radius 1 is 0.947 bits per heavy atom. The van der Waals surface area contributed by atoms with Crippen LogP contribution in [0.5, 0.6) is 0 Å². The molecule has 3 aromatic rings. The van der Waals surface area contributed by atoms with Crippen LogP contribution in [0.25, 0.3) is 11.5 Å². The number of benzene rings is 2. The molecule has 0 bridgehead atoms. The first-order chi connectivity index (χ1) is 9.31.